The van der Waals surface area contributed by atoms with Gasteiger partial charge in [0.05, 0.1) is 11.6 Å². The molecule has 2 nitrogen and oxygen atoms in total. The topological polar surface area (TPSA) is 29.5 Å². The molecule has 4 heteroatoms. The standard InChI is InChI=1S/C8H8Cl2O2/c1-2-12-8-6(11)4-3-5(9)7(8)10/h3-4,11H,2H2,1H3. The van der Waals surface area contributed by atoms with Gasteiger partial charge in [0.2, 0.25) is 0 Å². The van der Waals surface area contributed by atoms with Gasteiger partial charge in [-0.15, -0.1) is 0 Å². The summed E-state index contributed by atoms with van der Waals surface area (Å²) in [5, 5.41) is 9.90. The van der Waals surface area contributed by atoms with E-state index in [0.29, 0.717) is 11.6 Å². The molecule has 0 amide bonds. The van der Waals surface area contributed by atoms with Crippen molar-refractivity contribution >= 4 is 23.2 Å². The van der Waals surface area contributed by atoms with Gasteiger partial charge in [0, 0.05) is 0 Å². The van der Waals surface area contributed by atoms with Crippen molar-refractivity contribution in [3.8, 4) is 11.5 Å². The molecule has 0 bridgehead atoms. The lowest BCUT2D eigenvalue weighted by Gasteiger charge is -2.07. The molecule has 0 heterocycles. The lowest BCUT2D eigenvalue weighted by molar-refractivity contribution is 0.318. The molecule has 66 valence electrons. The van der Waals surface area contributed by atoms with E-state index in [0.717, 1.165) is 0 Å². The lowest BCUT2D eigenvalue weighted by atomic mass is 10.3. The molecule has 1 aromatic carbocycles. The summed E-state index contributed by atoms with van der Waals surface area (Å²) in [7, 11) is 0. The summed E-state index contributed by atoms with van der Waals surface area (Å²) in [5.74, 6) is 0.248. The Morgan fingerprint density at radius 3 is 2.67 bits per heavy atom. The molecule has 0 atom stereocenters. The van der Waals surface area contributed by atoms with E-state index in [1.165, 1.54) is 12.1 Å². The monoisotopic (exact) mass is 206 g/mol. The zero-order valence-electron chi connectivity index (χ0n) is 6.47. The molecule has 1 rings (SSSR count). The van der Waals surface area contributed by atoms with Crippen molar-refractivity contribution < 1.29 is 9.84 Å². The van der Waals surface area contributed by atoms with Crippen LogP contribution in [0.25, 0.3) is 0 Å². The molecular formula is C8H8Cl2O2. The highest BCUT2D eigenvalue weighted by Crippen LogP contribution is 2.38. The van der Waals surface area contributed by atoms with Crippen molar-refractivity contribution in [2.75, 3.05) is 6.61 Å². The first-order valence-electron chi connectivity index (χ1n) is 3.46. The maximum atomic E-state index is 9.28. The molecule has 0 saturated heterocycles. The normalized spacial score (nSPS) is 9.92. The first-order chi connectivity index (χ1) is 5.66. The highest BCUT2D eigenvalue weighted by molar-refractivity contribution is 6.43. The Balaban J connectivity index is 3.14. The van der Waals surface area contributed by atoms with Gasteiger partial charge in [0.15, 0.2) is 11.5 Å². The van der Waals surface area contributed by atoms with Gasteiger partial charge in [0.1, 0.15) is 5.02 Å². The predicted molar refractivity (Wildman–Crippen MR) is 49.3 cm³/mol. The number of rotatable bonds is 2. The van der Waals surface area contributed by atoms with Crippen molar-refractivity contribution in [3.05, 3.63) is 22.2 Å². The second-order valence-corrected chi connectivity index (χ2v) is 2.93. The Labute approximate surface area is 80.7 Å². The van der Waals surface area contributed by atoms with Crippen LogP contribution in [0, 0.1) is 0 Å². The van der Waals surface area contributed by atoms with Crippen LogP contribution in [0.1, 0.15) is 6.92 Å². The molecular weight excluding hydrogens is 199 g/mol. The smallest absolute Gasteiger partial charge is 0.181 e. The second kappa shape index (κ2) is 3.87. The minimum absolute atomic E-state index is 0.00579. The summed E-state index contributed by atoms with van der Waals surface area (Å²) >= 11 is 11.5. The SMILES string of the molecule is CCOc1c(O)ccc(Cl)c1Cl. The number of phenols is 1. The third-order valence-electron chi connectivity index (χ3n) is 1.32. The fourth-order valence-corrected chi connectivity index (χ4v) is 1.17. The Kier molecular flexibility index (Phi) is 3.06. The molecule has 0 aliphatic carbocycles. The van der Waals surface area contributed by atoms with Crippen LogP contribution < -0.4 is 4.74 Å². The predicted octanol–water partition coefficient (Wildman–Crippen LogP) is 3.10. The molecule has 0 unspecified atom stereocenters. The van der Waals surface area contributed by atoms with Crippen molar-refractivity contribution in [3.63, 3.8) is 0 Å². The van der Waals surface area contributed by atoms with E-state index in [1.807, 2.05) is 0 Å². The summed E-state index contributed by atoms with van der Waals surface area (Å²) in [6.45, 7) is 2.24. The first-order valence-corrected chi connectivity index (χ1v) is 4.22. The number of aromatic hydroxyl groups is 1. The highest BCUT2D eigenvalue weighted by atomic mass is 35.5. The molecule has 1 aromatic rings. The van der Waals surface area contributed by atoms with E-state index >= 15 is 0 Å². The lowest BCUT2D eigenvalue weighted by Crippen LogP contribution is -1.92. The van der Waals surface area contributed by atoms with E-state index in [2.05, 4.69) is 0 Å². The Bertz CT molecular complexity index is 287. The van der Waals surface area contributed by atoms with Crippen LogP contribution in [0.4, 0.5) is 0 Å². The van der Waals surface area contributed by atoms with Gasteiger partial charge in [-0.3, -0.25) is 0 Å². The number of halogens is 2. The van der Waals surface area contributed by atoms with Gasteiger partial charge in [-0.2, -0.15) is 0 Å². The van der Waals surface area contributed by atoms with E-state index in [4.69, 9.17) is 27.9 Å². The van der Waals surface area contributed by atoms with E-state index in [-0.39, 0.29) is 16.5 Å². The highest BCUT2D eigenvalue weighted by Gasteiger charge is 2.10. The molecule has 0 saturated carbocycles. The van der Waals surface area contributed by atoms with Crippen molar-refractivity contribution in [2.45, 2.75) is 6.92 Å². The molecule has 0 aliphatic heterocycles. The summed E-state index contributed by atoms with van der Waals surface area (Å²) < 4.78 is 5.08. The second-order valence-electron chi connectivity index (χ2n) is 2.14. The molecule has 0 aliphatic rings. The third kappa shape index (κ3) is 1.76. The molecule has 0 fully saturated rings. The summed E-state index contributed by atoms with van der Waals surface area (Å²) in [5.41, 5.74) is 0. The number of ether oxygens (including phenoxy) is 1. The van der Waals surface area contributed by atoms with Gasteiger partial charge in [-0.25, -0.2) is 0 Å². The van der Waals surface area contributed by atoms with Gasteiger partial charge < -0.3 is 9.84 Å². The van der Waals surface area contributed by atoms with Crippen LogP contribution in [-0.2, 0) is 0 Å². The summed E-state index contributed by atoms with van der Waals surface area (Å²) in [6.07, 6.45) is 0. The van der Waals surface area contributed by atoms with E-state index in [1.54, 1.807) is 6.92 Å². The number of phenolic OH excluding ortho intramolecular Hbond substituents is 1. The van der Waals surface area contributed by atoms with Gasteiger partial charge in [-0.05, 0) is 19.1 Å². The molecule has 0 aromatic heterocycles. The molecule has 0 spiro atoms. The van der Waals surface area contributed by atoms with E-state index in [9.17, 15) is 5.11 Å². The Morgan fingerprint density at radius 1 is 1.42 bits per heavy atom. The summed E-state index contributed by atoms with van der Waals surface area (Å²) in [4.78, 5) is 0. The van der Waals surface area contributed by atoms with Gasteiger partial charge in [-0.1, -0.05) is 23.2 Å². The summed E-state index contributed by atoms with van der Waals surface area (Å²) in [6, 6.07) is 2.96. The van der Waals surface area contributed by atoms with Crippen LogP contribution >= 0.6 is 23.2 Å². The average molecular weight is 207 g/mol. The van der Waals surface area contributed by atoms with Crippen LogP contribution in [0.5, 0.6) is 11.5 Å². The van der Waals surface area contributed by atoms with Gasteiger partial charge in [0.25, 0.3) is 0 Å². The molecule has 12 heavy (non-hydrogen) atoms. The van der Waals surface area contributed by atoms with E-state index < -0.39 is 0 Å². The zero-order valence-corrected chi connectivity index (χ0v) is 7.99. The average Bonchev–Trinajstić information content (AvgIpc) is 2.06. The van der Waals surface area contributed by atoms with Crippen LogP contribution in [0.2, 0.25) is 10.0 Å². The maximum Gasteiger partial charge on any atom is 0.181 e. The van der Waals surface area contributed by atoms with Crippen LogP contribution in [0.3, 0.4) is 0 Å². The maximum absolute atomic E-state index is 9.28. The zero-order chi connectivity index (χ0) is 9.14. The van der Waals surface area contributed by atoms with Crippen LogP contribution in [0.15, 0.2) is 12.1 Å². The fourth-order valence-electron chi connectivity index (χ4n) is 0.803. The minimum atomic E-state index is 0.00579. The minimum Gasteiger partial charge on any atom is -0.504 e. The van der Waals surface area contributed by atoms with Gasteiger partial charge >= 0.3 is 0 Å². The van der Waals surface area contributed by atoms with Crippen molar-refractivity contribution in [2.24, 2.45) is 0 Å². The first kappa shape index (κ1) is 9.49. The number of hydrogen-bond acceptors (Lipinski definition) is 2. The van der Waals surface area contributed by atoms with Crippen molar-refractivity contribution in [1.29, 1.82) is 0 Å². The fraction of sp³-hybridized carbons (Fsp3) is 0.250. The third-order valence-corrected chi connectivity index (χ3v) is 2.10. The Hall–Kier alpha value is -0.600. The van der Waals surface area contributed by atoms with Crippen molar-refractivity contribution in [1.82, 2.24) is 0 Å². The largest absolute Gasteiger partial charge is 0.504 e. The molecule has 0 radical (unpaired) electrons. The Morgan fingerprint density at radius 2 is 2.08 bits per heavy atom. The molecule has 1 N–H and O–H groups in total. The van der Waals surface area contributed by atoms with Crippen LogP contribution in [-0.4, -0.2) is 11.7 Å². The number of benzene rings is 1. The quantitative estimate of drug-likeness (QED) is 0.807. The number of hydrogen-bond donors (Lipinski definition) is 1.